The first kappa shape index (κ1) is 18.0. The van der Waals surface area contributed by atoms with Gasteiger partial charge in [0.25, 0.3) is 5.91 Å². The van der Waals surface area contributed by atoms with Gasteiger partial charge in [0, 0.05) is 12.1 Å². The third-order valence-electron chi connectivity index (χ3n) is 4.33. The van der Waals surface area contributed by atoms with Gasteiger partial charge in [-0.1, -0.05) is 31.9 Å². The van der Waals surface area contributed by atoms with E-state index in [9.17, 15) is 9.59 Å². The maximum absolute atomic E-state index is 11.9. The van der Waals surface area contributed by atoms with E-state index < -0.39 is 5.97 Å². The second kappa shape index (κ2) is 9.11. The summed E-state index contributed by atoms with van der Waals surface area (Å²) in [6, 6.07) is 7.48. The molecule has 5 nitrogen and oxygen atoms in total. The lowest BCUT2D eigenvalue weighted by molar-refractivity contribution is -0.144. The van der Waals surface area contributed by atoms with Crippen molar-refractivity contribution in [3.63, 3.8) is 0 Å². The van der Waals surface area contributed by atoms with Gasteiger partial charge in [0.15, 0.2) is 6.61 Å². The van der Waals surface area contributed by atoms with E-state index in [4.69, 9.17) is 9.47 Å². The Morgan fingerprint density at radius 3 is 2.58 bits per heavy atom. The van der Waals surface area contributed by atoms with Gasteiger partial charge < -0.3 is 14.8 Å². The highest BCUT2D eigenvalue weighted by molar-refractivity contribution is 5.89. The molecule has 24 heavy (non-hydrogen) atoms. The number of rotatable bonds is 6. The third kappa shape index (κ3) is 5.72. The molecule has 1 aromatic rings. The summed E-state index contributed by atoms with van der Waals surface area (Å²) >= 11 is 0. The van der Waals surface area contributed by atoms with Gasteiger partial charge in [0.2, 0.25) is 0 Å². The highest BCUT2D eigenvalue weighted by Gasteiger charge is 2.22. The zero-order valence-corrected chi connectivity index (χ0v) is 14.3. The van der Waals surface area contributed by atoms with Crippen LogP contribution in [0.2, 0.25) is 0 Å². The minimum absolute atomic E-state index is 0.194. The number of carbonyl (C=O) groups excluding carboxylic acids is 2. The van der Waals surface area contributed by atoms with E-state index in [0.717, 1.165) is 30.6 Å². The lowest BCUT2D eigenvalue weighted by Crippen LogP contribution is -2.42. The van der Waals surface area contributed by atoms with Crippen LogP contribution in [0.4, 0.5) is 0 Å². The first-order chi connectivity index (χ1) is 11.6. The maximum Gasteiger partial charge on any atom is 0.331 e. The van der Waals surface area contributed by atoms with E-state index >= 15 is 0 Å². The molecule has 1 fully saturated rings. The predicted molar refractivity (Wildman–Crippen MR) is 92.5 cm³/mol. The van der Waals surface area contributed by atoms with Crippen LogP contribution < -0.4 is 10.1 Å². The van der Waals surface area contributed by atoms with Crippen LogP contribution in [-0.4, -0.2) is 31.6 Å². The molecule has 2 rings (SSSR count). The Labute approximate surface area is 143 Å². The fraction of sp³-hybridized carbons (Fsp3) is 0.474. The molecule has 1 aromatic carbocycles. The fourth-order valence-corrected chi connectivity index (χ4v) is 2.84. The average molecular weight is 331 g/mol. The number of hydrogen-bond acceptors (Lipinski definition) is 4. The number of carbonyl (C=O) groups is 2. The van der Waals surface area contributed by atoms with Crippen LogP contribution in [-0.2, 0) is 14.3 Å². The molecule has 5 heteroatoms. The molecule has 0 bridgehead atoms. The van der Waals surface area contributed by atoms with Gasteiger partial charge in [-0.15, -0.1) is 0 Å². The zero-order chi connectivity index (χ0) is 17.4. The van der Waals surface area contributed by atoms with Crippen LogP contribution in [0, 0.1) is 5.92 Å². The molecule has 1 aliphatic rings. The molecule has 0 saturated heterocycles. The summed E-state index contributed by atoms with van der Waals surface area (Å²) in [6.45, 7) is 1.91. The van der Waals surface area contributed by atoms with Crippen molar-refractivity contribution in [3.8, 4) is 5.75 Å². The molecule has 0 radical (unpaired) electrons. The summed E-state index contributed by atoms with van der Waals surface area (Å²) in [6.07, 6.45) is 7.45. The summed E-state index contributed by atoms with van der Waals surface area (Å²) in [5.41, 5.74) is 0.855. The molecule has 2 atom stereocenters. The van der Waals surface area contributed by atoms with Crippen molar-refractivity contribution in [1.29, 1.82) is 0 Å². The molecule has 1 N–H and O–H groups in total. The van der Waals surface area contributed by atoms with E-state index in [1.807, 2.05) is 24.3 Å². The Bertz CT molecular complexity index is 580. The van der Waals surface area contributed by atoms with Crippen LogP contribution in [0.1, 0.15) is 38.2 Å². The monoisotopic (exact) mass is 331 g/mol. The molecular formula is C19H25NO4. The van der Waals surface area contributed by atoms with Gasteiger partial charge in [-0.3, -0.25) is 4.79 Å². The zero-order valence-electron chi connectivity index (χ0n) is 14.3. The Balaban J connectivity index is 1.73. The van der Waals surface area contributed by atoms with Crippen molar-refractivity contribution < 1.29 is 19.1 Å². The van der Waals surface area contributed by atoms with Crippen LogP contribution >= 0.6 is 0 Å². The van der Waals surface area contributed by atoms with E-state index in [0.29, 0.717) is 5.92 Å². The number of hydrogen-bond donors (Lipinski definition) is 1. The second-order valence-corrected chi connectivity index (χ2v) is 6.15. The SMILES string of the molecule is COc1ccc(/C=C/C(=O)OCC(=O)N[C@H]2CCCC[C@@H]2C)cc1. The lowest BCUT2D eigenvalue weighted by atomic mass is 9.86. The molecule has 0 aromatic heterocycles. The van der Waals surface area contributed by atoms with Crippen molar-refractivity contribution in [2.45, 2.75) is 38.6 Å². The van der Waals surface area contributed by atoms with Gasteiger partial charge in [-0.2, -0.15) is 0 Å². The Hall–Kier alpha value is -2.30. The van der Waals surface area contributed by atoms with E-state index in [-0.39, 0.29) is 18.6 Å². The van der Waals surface area contributed by atoms with Gasteiger partial charge in [-0.25, -0.2) is 4.79 Å². The van der Waals surface area contributed by atoms with Gasteiger partial charge in [0.05, 0.1) is 7.11 Å². The fourth-order valence-electron chi connectivity index (χ4n) is 2.84. The maximum atomic E-state index is 11.9. The summed E-state index contributed by atoms with van der Waals surface area (Å²) < 4.78 is 10.1. The van der Waals surface area contributed by atoms with Crippen molar-refractivity contribution in [1.82, 2.24) is 5.32 Å². The van der Waals surface area contributed by atoms with E-state index in [1.54, 1.807) is 13.2 Å². The Kier molecular flexibility index (Phi) is 6.85. The van der Waals surface area contributed by atoms with Crippen LogP contribution in [0.5, 0.6) is 5.75 Å². The smallest absolute Gasteiger partial charge is 0.331 e. The summed E-state index contributed by atoms with van der Waals surface area (Å²) in [7, 11) is 1.60. The molecule has 130 valence electrons. The van der Waals surface area contributed by atoms with Crippen LogP contribution in [0.3, 0.4) is 0 Å². The number of amides is 1. The first-order valence-corrected chi connectivity index (χ1v) is 8.36. The highest BCUT2D eigenvalue weighted by Crippen LogP contribution is 2.23. The Morgan fingerprint density at radius 1 is 1.21 bits per heavy atom. The van der Waals surface area contributed by atoms with Crippen molar-refractivity contribution in [3.05, 3.63) is 35.9 Å². The van der Waals surface area contributed by atoms with Gasteiger partial charge in [0.1, 0.15) is 5.75 Å². The molecule has 0 unspecified atom stereocenters. The molecule has 1 saturated carbocycles. The molecule has 1 aliphatic carbocycles. The quantitative estimate of drug-likeness (QED) is 0.643. The number of benzene rings is 1. The van der Waals surface area contributed by atoms with Crippen LogP contribution in [0.15, 0.2) is 30.3 Å². The highest BCUT2D eigenvalue weighted by atomic mass is 16.5. The standard InChI is InChI=1S/C19H25NO4/c1-14-5-3-4-6-17(14)20-18(21)13-24-19(22)12-9-15-7-10-16(23-2)11-8-15/h7-12,14,17H,3-6,13H2,1-2H3,(H,20,21)/b12-9+/t14-,17-/m0/s1. The Morgan fingerprint density at radius 2 is 1.92 bits per heavy atom. The van der Waals surface area contributed by atoms with Gasteiger partial charge in [-0.05, 0) is 42.5 Å². The third-order valence-corrected chi connectivity index (χ3v) is 4.33. The molecule has 0 heterocycles. The van der Waals surface area contributed by atoms with Crippen molar-refractivity contribution >= 4 is 18.0 Å². The minimum Gasteiger partial charge on any atom is -0.497 e. The normalized spacial score (nSPS) is 20.6. The largest absolute Gasteiger partial charge is 0.497 e. The number of esters is 1. The van der Waals surface area contributed by atoms with Crippen molar-refractivity contribution in [2.75, 3.05) is 13.7 Å². The number of nitrogens with one attached hydrogen (secondary N) is 1. The lowest BCUT2D eigenvalue weighted by Gasteiger charge is -2.29. The number of methoxy groups -OCH3 is 1. The summed E-state index contributed by atoms with van der Waals surface area (Å²) in [5.74, 6) is 0.467. The first-order valence-electron chi connectivity index (χ1n) is 8.36. The molecule has 1 amide bonds. The second-order valence-electron chi connectivity index (χ2n) is 6.15. The van der Waals surface area contributed by atoms with E-state index in [1.165, 1.54) is 12.5 Å². The van der Waals surface area contributed by atoms with Crippen molar-refractivity contribution in [2.24, 2.45) is 5.92 Å². The van der Waals surface area contributed by atoms with Crippen LogP contribution in [0.25, 0.3) is 6.08 Å². The summed E-state index contributed by atoms with van der Waals surface area (Å²) in [4.78, 5) is 23.6. The average Bonchev–Trinajstić information content (AvgIpc) is 2.60. The molecule has 0 aliphatic heterocycles. The van der Waals surface area contributed by atoms with Gasteiger partial charge >= 0.3 is 5.97 Å². The molecular weight excluding hydrogens is 306 g/mol. The number of ether oxygens (including phenoxy) is 2. The summed E-state index contributed by atoms with van der Waals surface area (Å²) in [5, 5.41) is 2.96. The van der Waals surface area contributed by atoms with E-state index in [2.05, 4.69) is 12.2 Å². The molecule has 0 spiro atoms. The topological polar surface area (TPSA) is 64.6 Å². The predicted octanol–water partition coefficient (Wildman–Crippen LogP) is 2.95. The minimum atomic E-state index is -0.530.